The van der Waals surface area contributed by atoms with E-state index >= 15 is 0 Å². The Labute approximate surface area is 96.4 Å². The van der Waals surface area contributed by atoms with Gasteiger partial charge in [0.25, 0.3) is 5.56 Å². The number of carbonyl (C=O) groups is 1. The van der Waals surface area contributed by atoms with Gasteiger partial charge in [-0.25, -0.2) is 4.79 Å². The van der Waals surface area contributed by atoms with Crippen LogP contribution in [0.5, 0.6) is 0 Å². The zero-order valence-corrected chi connectivity index (χ0v) is 9.57. The number of nitrogens with zero attached hydrogens (tertiary/aromatic N) is 1. The number of anilines is 2. The lowest BCUT2D eigenvalue weighted by atomic mass is 10.4. The number of aromatic nitrogens is 2. The Hall–Kier alpha value is -2.25. The molecule has 0 aliphatic carbocycles. The smallest absolute Gasteiger partial charge is 0.329 e. The monoisotopic (exact) mass is 242 g/mol. The fourth-order valence-electron chi connectivity index (χ4n) is 1.18. The molecule has 0 unspecified atom stereocenters. The molecule has 0 atom stereocenters. The number of nitrogen functional groups attached to an aromatic ring is 1. The SMILES string of the molecule is CCOC(=O)CNc1c(N)[nH]c(=O)n(C)c1=O. The second-order valence-corrected chi connectivity index (χ2v) is 3.24. The van der Waals surface area contributed by atoms with Crippen molar-refractivity contribution in [2.45, 2.75) is 6.92 Å². The van der Waals surface area contributed by atoms with Crippen molar-refractivity contribution >= 4 is 17.5 Å². The van der Waals surface area contributed by atoms with Gasteiger partial charge in [0, 0.05) is 7.05 Å². The standard InChI is InChI=1S/C9H14N4O4/c1-3-17-5(14)4-11-6-7(10)12-9(16)13(2)8(6)15/h11H,3-4,10H2,1-2H3,(H,12,16). The summed E-state index contributed by atoms with van der Waals surface area (Å²) in [6, 6.07) is 0. The topological polar surface area (TPSA) is 119 Å². The van der Waals surface area contributed by atoms with Gasteiger partial charge in [0.2, 0.25) is 0 Å². The molecule has 8 heteroatoms. The molecule has 1 aromatic heterocycles. The number of hydrogen-bond acceptors (Lipinski definition) is 6. The first-order chi connectivity index (χ1) is 7.97. The van der Waals surface area contributed by atoms with Crippen molar-refractivity contribution in [3.63, 3.8) is 0 Å². The molecule has 0 radical (unpaired) electrons. The third-order valence-electron chi connectivity index (χ3n) is 2.05. The number of hydrogen-bond donors (Lipinski definition) is 3. The first-order valence-corrected chi connectivity index (χ1v) is 4.95. The maximum absolute atomic E-state index is 11.6. The third-order valence-corrected chi connectivity index (χ3v) is 2.05. The lowest BCUT2D eigenvalue weighted by Crippen LogP contribution is -2.36. The first kappa shape index (κ1) is 12.8. The quantitative estimate of drug-likeness (QED) is 0.560. The second-order valence-electron chi connectivity index (χ2n) is 3.24. The predicted octanol–water partition coefficient (Wildman–Crippen LogP) is -1.37. The van der Waals surface area contributed by atoms with Crippen LogP contribution in [-0.4, -0.2) is 28.7 Å². The van der Waals surface area contributed by atoms with Gasteiger partial charge in [0.1, 0.15) is 18.1 Å². The average molecular weight is 242 g/mol. The zero-order valence-electron chi connectivity index (χ0n) is 9.57. The normalized spacial score (nSPS) is 10.0. The summed E-state index contributed by atoms with van der Waals surface area (Å²) in [6.45, 7) is 1.73. The number of aromatic amines is 1. The maximum Gasteiger partial charge on any atom is 0.329 e. The van der Waals surface area contributed by atoms with Crippen LogP contribution in [0.4, 0.5) is 11.5 Å². The molecule has 0 saturated heterocycles. The fraction of sp³-hybridized carbons (Fsp3) is 0.444. The number of esters is 1. The summed E-state index contributed by atoms with van der Waals surface area (Å²) in [4.78, 5) is 36.1. The molecule has 0 aliphatic heterocycles. The number of carbonyl (C=O) groups excluding carboxylic acids is 1. The van der Waals surface area contributed by atoms with Gasteiger partial charge in [0.15, 0.2) is 0 Å². The molecule has 0 aromatic carbocycles. The minimum Gasteiger partial charge on any atom is -0.465 e. The highest BCUT2D eigenvalue weighted by atomic mass is 16.5. The van der Waals surface area contributed by atoms with Gasteiger partial charge >= 0.3 is 11.7 Å². The van der Waals surface area contributed by atoms with Crippen molar-refractivity contribution in [1.82, 2.24) is 9.55 Å². The highest BCUT2D eigenvalue weighted by molar-refractivity contribution is 5.76. The van der Waals surface area contributed by atoms with Gasteiger partial charge in [-0.1, -0.05) is 0 Å². The molecule has 0 bridgehead atoms. The van der Waals surface area contributed by atoms with Crippen LogP contribution >= 0.6 is 0 Å². The van der Waals surface area contributed by atoms with Crippen LogP contribution < -0.4 is 22.3 Å². The Morgan fingerprint density at radius 1 is 1.53 bits per heavy atom. The van der Waals surface area contributed by atoms with Crippen molar-refractivity contribution in [2.75, 3.05) is 24.2 Å². The summed E-state index contributed by atoms with van der Waals surface area (Å²) in [5, 5.41) is 2.53. The van der Waals surface area contributed by atoms with Crippen molar-refractivity contribution < 1.29 is 9.53 Å². The molecule has 4 N–H and O–H groups in total. The van der Waals surface area contributed by atoms with Crippen LogP contribution in [-0.2, 0) is 16.6 Å². The molecule has 0 spiro atoms. The minimum atomic E-state index is -0.616. The predicted molar refractivity (Wildman–Crippen MR) is 61.8 cm³/mol. The summed E-state index contributed by atoms with van der Waals surface area (Å²) in [6.07, 6.45) is 0. The average Bonchev–Trinajstić information content (AvgIpc) is 2.26. The second kappa shape index (κ2) is 5.19. The molecule has 1 rings (SSSR count). The third kappa shape index (κ3) is 2.86. The van der Waals surface area contributed by atoms with Crippen molar-refractivity contribution in [2.24, 2.45) is 7.05 Å². The molecule has 1 heterocycles. The summed E-state index contributed by atoms with van der Waals surface area (Å²) >= 11 is 0. The molecule has 8 nitrogen and oxygen atoms in total. The van der Waals surface area contributed by atoms with Crippen molar-refractivity contribution in [1.29, 1.82) is 0 Å². The van der Waals surface area contributed by atoms with E-state index in [4.69, 9.17) is 5.73 Å². The molecular formula is C9H14N4O4. The van der Waals surface area contributed by atoms with Crippen LogP contribution in [0.1, 0.15) is 6.92 Å². The largest absolute Gasteiger partial charge is 0.465 e. The van der Waals surface area contributed by atoms with E-state index in [9.17, 15) is 14.4 Å². The molecule has 94 valence electrons. The van der Waals surface area contributed by atoms with E-state index in [0.29, 0.717) is 0 Å². The Balaban J connectivity index is 2.93. The van der Waals surface area contributed by atoms with Crippen LogP contribution in [0.15, 0.2) is 9.59 Å². The Bertz CT molecular complexity index is 531. The number of H-pyrrole nitrogens is 1. The molecule has 0 amide bonds. The van der Waals surface area contributed by atoms with Gasteiger partial charge in [0.05, 0.1) is 6.61 Å². The number of rotatable bonds is 4. The van der Waals surface area contributed by atoms with E-state index in [0.717, 1.165) is 4.57 Å². The van der Waals surface area contributed by atoms with Crippen LogP contribution in [0, 0.1) is 0 Å². The van der Waals surface area contributed by atoms with E-state index in [-0.39, 0.29) is 24.7 Å². The molecule has 0 aliphatic rings. The zero-order chi connectivity index (χ0) is 13.0. The number of nitrogens with one attached hydrogen (secondary N) is 2. The van der Waals surface area contributed by atoms with Gasteiger partial charge < -0.3 is 15.8 Å². The highest BCUT2D eigenvalue weighted by Crippen LogP contribution is 2.05. The fourth-order valence-corrected chi connectivity index (χ4v) is 1.18. The molecule has 1 aromatic rings. The van der Waals surface area contributed by atoms with Crippen LogP contribution in [0.3, 0.4) is 0 Å². The Morgan fingerprint density at radius 2 is 2.18 bits per heavy atom. The maximum atomic E-state index is 11.6. The molecule has 17 heavy (non-hydrogen) atoms. The summed E-state index contributed by atoms with van der Waals surface area (Å²) in [7, 11) is 1.30. The molecule has 0 fully saturated rings. The van der Waals surface area contributed by atoms with E-state index in [1.54, 1.807) is 6.92 Å². The van der Waals surface area contributed by atoms with Gasteiger partial charge in [-0.15, -0.1) is 0 Å². The van der Waals surface area contributed by atoms with Crippen molar-refractivity contribution in [3.05, 3.63) is 20.8 Å². The van der Waals surface area contributed by atoms with Gasteiger partial charge in [-0.05, 0) is 6.92 Å². The summed E-state index contributed by atoms with van der Waals surface area (Å²) in [5.74, 6) is -0.623. The molecule has 0 saturated carbocycles. The van der Waals surface area contributed by atoms with Gasteiger partial charge in [-0.3, -0.25) is 19.1 Å². The van der Waals surface area contributed by atoms with Crippen molar-refractivity contribution in [3.8, 4) is 0 Å². The lowest BCUT2D eigenvalue weighted by Gasteiger charge is -2.08. The summed E-state index contributed by atoms with van der Waals surface area (Å²) < 4.78 is 5.53. The van der Waals surface area contributed by atoms with E-state index in [1.807, 2.05) is 0 Å². The minimum absolute atomic E-state index is 0.0276. The Morgan fingerprint density at radius 3 is 2.76 bits per heavy atom. The Kier molecular flexibility index (Phi) is 3.91. The highest BCUT2D eigenvalue weighted by Gasteiger charge is 2.11. The van der Waals surface area contributed by atoms with Gasteiger partial charge in [-0.2, -0.15) is 0 Å². The number of nitrogens with two attached hydrogens (primary N) is 1. The lowest BCUT2D eigenvalue weighted by molar-refractivity contribution is -0.140. The van der Waals surface area contributed by atoms with E-state index in [2.05, 4.69) is 15.0 Å². The first-order valence-electron chi connectivity index (χ1n) is 4.95. The van der Waals surface area contributed by atoms with Crippen LogP contribution in [0.25, 0.3) is 0 Å². The van der Waals surface area contributed by atoms with E-state index in [1.165, 1.54) is 7.05 Å². The van der Waals surface area contributed by atoms with Crippen LogP contribution in [0.2, 0.25) is 0 Å². The molecular weight excluding hydrogens is 228 g/mol. The summed E-state index contributed by atoms with van der Waals surface area (Å²) in [5.41, 5.74) is 4.22. The number of ether oxygens (including phenoxy) is 1. The van der Waals surface area contributed by atoms with E-state index < -0.39 is 17.2 Å².